The van der Waals surface area contributed by atoms with E-state index >= 15 is 0 Å². The van der Waals surface area contributed by atoms with Crippen molar-refractivity contribution < 1.29 is 9.59 Å². The van der Waals surface area contributed by atoms with Gasteiger partial charge in [0, 0.05) is 55.9 Å². The summed E-state index contributed by atoms with van der Waals surface area (Å²) in [6.45, 7) is 1.87. The SMILES string of the molecule is Cn1ccc([C@H]2CCCN(C(=O)[C@H]3CC(=O)N(c4ccc(Cl)cc4)C3)C2)n1. The molecule has 0 spiro atoms. The number of carbonyl (C=O) groups excluding carboxylic acids is 2. The summed E-state index contributed by atoms with van der Waals surface area (Å²) in [5.74, 6) is 0.0680. The second-order valence-electron chi connectivity index (χ2n) is 7.42. The molecule has 2 fully saturated rings. The van der Waals surface area contributed by atoms with E-state index in [1.807, 2.05) is 36.3 Å². The number of carbonyl (C=O) groups is 2. The summed E-state index contributed by atoms with van der Waals surface area (Å²) in [4.78, 5) is 29.1. The average molecular weight is 387 g/mol. The molecule has 2 amide bonds. The molecule has 0 radical (unpaired) electrons. The molecule has 142 valence electrons. The largest absolute Gasteiger partial charge is 0.342 e. The molecule has 0 aliphatic carbocycles. The van der Waals surface area contributed by atoms with Crippen LogP contribution < -0.4 is 4.90 Å². The smallest absolute Gasteiger partial charge is 0.228 e. The number of aromatic nitrogens is 2. The summed E-state index contributed by atoms with van der Waals surface area (Å²) in [5, 5.41) is 5.13. The predicted molar refractivity (Wildman–Crippen MR) is 104 cm³/mol. The van der Waals surface area contributed by atoms with Crippen LogP contribution in [0.4, 0.5) is 5.69 Å². The Kier molecular flexibility index (Phi) is 4.91. The number of halogens is 1. The number of likely N-dealkylation sites (tertiary alicyclic amines) is 1. The lowest BCUT2D eigenvalue weighted by molar-refractivity contribution is -0.137. The first-order valence-corrected chi connectivity index (χ1v) is 9.73. The number of anilines is 1. The quantitative estimate of drug-likeness (QED) is 0.815. The number of piperidine rings is 1. The highest BCUT2D eigenvalue weighted by Crippen LogP contribution is 2.30. The molecule has 4 rings (SSSR count). The summed E-state index contributed by atoms with van der Waals surface area (Å²) in [5.41, 5.74) is 1.84. The maximum Gasteiger partial charge on any atom is 0.228 e. The first-order valence-electron chi connectivity index (χ1n) is 9.35. The van der Waals surface area contributed by atoms with E-state index in [2.05, 4.69) is 5.10 Å². The fourth-order valence-electron chi connectivity index (χ4n) is 4.07. The number of hydrogen-bond donors (Lipinski definition) is 0. The number of hydrogen-bond acceptors (Lipinski definition) is 3. The molecule has 6 nitrogen and oxygen atoms in total. The minimum Gasteiger partial charge on any atom is -0.342 e. The van der Waals surface area contributed by atoms with E-state index in [1.165, 1.54) is 0 Å². The molecular weight excluding hydrogens is 364 g/mol. The van der Waals surface area contributed by atoms with Crippen molar-refractivity contribution in [3.05, 3.63) is 47.2 Å². The van der Waals surface area contributed by atoms with Crippen molar-refractivity contribution in [2.75, 3.05) is 24.5 Å². The molecule has 7 heteroatoms. The second kappa shape index (κ2) is 7.35. The minimum absolute atomic E-state index is 0.00559. The molecule has 3 heterocycles. The Morgan fingerprint density at radius 2 is 1.96 bits per heavy atom. The Labute approximate surface area is 163 Å². The van der Waals surface area contributed by atoms with Crippen molar-refractivity contribution in [2.45, 2.75) is 25.2 Å². The monoisotopic (exact) mass is 386 g/mol. The van der Waals surface area contributed by atoms with Crippen LogP contribution in [0.25, 0.3) is 0 Å². The van der Waals surface area contributed by atoms with Gasteiger partial charge in [0.2, 0.25) is 11.8 Å². The predicted octanol–water partition coefficient (Wildman–Crippen LogP) is 2.83. The highest BCUT2D eigenvalue weighted by Gasteiger charge is 2.38. The molecule has 2 aromatic rings. The number of rotatable bonds is 3. The van der Waals surface area contributed by atoms with Gasteiger partial charge in [-0.1, -0.05) is 11.6 Å². The van der Waals surface area contributed by atoms with Crippen LogP contribution >= 0.6 is 11.6 Å². The molecule has 2 saturated heterocycles. The van der Waals surface area contributed by atoms with Gasteiger partial charge in [0.25, 0.3) is 0 Å². The highest BCUT2D eigenvalue weighted by molar-refractivity contribution is 6.30. The summed E-state index contributed by atoms with van der Waals surface area (Å²) in [7, 11) is 1.91. The van der Waals surface area contributed by atoms with E-state index in [0.717, 1.165) is 30.8 Å². The van der Waals surface area contributed by atoms with Crippen LogP contribution in [-0.2, 0) is 16.6 Å². The normalized spacial score (nSPS) is 23.1. The second-order valence-corrected chi connectivity index (χ2v) is 7.86. The number of aryl methyl sites for hydroxylation is 1. The number of benzene rings is 1. The topological polar surface area (TPSA) is 58.4 Å². The number of amides is 2. The molecule has 1 aromatic carbocycles. The molecule has 1 aromatic heterocycles. The Morgan fingerprint density at radius 3 is 2.67 bits per heavy atom. The fraction of sp³-hybridized carbons (Fsp3) is 0.450. The summed E-state index contributed by atoms with van der Waals surface area (Å²) < 4.78 is 1.80. The van der Waals surface area contributed by atoms with Crippen molar-refractivity contribution in [2.24, 2.45) is 13.0 Å². The molecule has 2 aliphatic heterocycles. The molecule has 2 atom stereocenters. The van der Waals surface area contributed by atoms with Gasteiger partial charge >= 0.3 is 0 Å². The van der Waals surface area contributed by atoms with Crippen molar-refractivity contribution in [3.63, 3.8) is 0 Å². The average Bonchev–Trinajstić information content (AvgIpc) is 3.28. The van der Waals surface area contributed by atoms with Crippen LogP contribution in [-0.4, -0.2) is 46.1 Å². The number of nitrogens with zero attached hydrogens (tertiary/aromatic N) is 4. The van der Waals surface area contributed by atoms with Crippen molar-refractivity contribution >= 4 is 29.1 Å². The van der Waals surface area contributed by atoms with Gasteiger partial charge in [-0.2, -0.15) is 5.10 Å². The summed E-state index contributed by atoms with van der Waals surface area (Å²) in [6.07, 6.45) is 4.22. The van der Waals surface area contributed by atoms with Crippen molar-refractivity contribution in [3.8, 4) is 0 Å². The maximum atomic E-state index is 13.1. The van der Waals surface area contributed by atoms with Crippen LogP contribution in [0, 0.1) is 5.92 Å². The van der Waals surface area contributed by atoms with Gasteiger partial charge in [0.15, 0.2) is 0 Å². The summed E-state index contributed by atoms with van der Waals surface area (Å²) in [6, 6.07) is 9.21. The third kappa shape index (κ3) is 3.72. The third-order valence-electron chi connectivity index (χ3n) is 5.50. The van der Waals surface area contributed by atoms with E-state index < -0.39 is 0 Å². The molecule has 0 unspecified atom stereocenters. The van der Waals surface area contributed by atoms with Crippen LogP contribution in [0.15, 0.2) is 36.5 Å². The standard InChI is InChI=1S/C20H23ClN4O2/c1-23-10-8-18(22-23)14-3-2-9-24(12-14)20(27)15-11-19(26)25(13-15)17-6-4-16(21)5-7-17/h4-8,10,14-15H,2-3,9,11-13H2,1H3/t14-,15-/m0/s1. The van der Waals surface area contributed by atoms with E-state index in [9.17, 15) is 9.59 Å². The maximum absolute atomic E-state index is 13.1. The van der Waals surface area contributed by atoms with Crippen LogP contribution in [0.3, 0.4) is 0 Å². The lowest BCUT2D eigenvalue weighted by atomic mass is 9.93. The molecule has 27 heavy (non-hydrogen) atoms. The molecule has 0 saturated carbocycles. The first kappa shape index (κ1) is 18.0. The van der Waals surface area contributed by atoms with E-state index in [0.29, 0.717) is 18.1 Å². The lowest BCUT2D eigenvalue weighted by Crippen LogP contribution is -2.43. The van der Waals surface area contributed by atoms with E-state index in [1.54, 1.807) is 21.7 Å². The van der Waals surface area contributed by atoms with Crippen molar-refractivity contribution in [1.29, 1.82) is 0 Å². The van der Waals surface area contributed by atoms with Gasteiger partial charge < -0.3 is 9.80 Å². The van der Waals surface area contributed by atoms with Crippen LogP contribution in [0.2, 0.25) is 5.02 Å². The fourth-order valence-corrected chi connectivity index (χ4v) is 4.20. The molecule has 0 bridgehead atoms. The van der Waals surface area contributed by atoms with Crippen LogP contribution in [0.1, 0.15) is 30.9 Å². The highest BCUT2D eigenvalue weighted by atomic mass is 35.5. The zero-order valence-electron chi connectivity index (χ0n) is 15.3. The van der Waals surface area contributed by atoms with Gasteiger partial charge in [-0.15, -0.1) is 0 Å². The van der Waals surface area contributed by atoms with E-state index in [4.69, 9.17) is 11.6 Å². The van der Waals surface area contributed by atoms with Crippen LogP contribution in [0.5, 0.6) is 0 Å². The van der Waals surface area contributed by atoms with Gasteiger partial charge in [-0.05, 0) is 43.2 Å². The Morgan fingerprint density at radius 1 is 1.19 bits per heavy atom. The van der Waals surface area contributed by atoms with Gasteiger partial charge in [0.05, 0.1) is 11.6 Å². The van der Waals surface area contributed by atoms with Gasteiger partial charge in [0.1, 0.15) is 0 Å². The lowest BCUT2D eigenvalue weighted by Gasteiger charge is -2.33. The Balaban J connectivity index is 1.43. The third-order valence-corrected chi connectivity index (χ3v) is 5.75. The van der Waals surface area contributed by atoms with Crippen molar-refractivity contribution in [1.82, 2.24) is 14.7 Å². The first-order chi connectivity index (χ1) is 13.0. The van der Waals surface area contributed by atoms with E-state index in [-0.39, 0.29) is 30.1 Å². The Bertz CT molecular complexity index is 848. The zero-order chi connectivity index (χ0) is 19.0. The zero-order valence-corrected chi connectivity index (χ0v) is 16.1. The van der Waals surface area contributed by atoms with Gasteiger partial charge in [-0.25, -0.2) is 0 Å². The summed E-state index contributed by atoms with van der Waals surface area (Å²) >= 11 is 5.93. The minimum atomic E-state index is -0.282. The molecular formula is C20H23ClN4O2. The molecule has 0 N–H and O–H groups in total. The Hall–Kier alpha value is -2.34. The molecule has 2 aliphatic rings. The van der Waals surface area contributed by atoms with Gasteiger partial charge in [-0.3, -0.25) is 14.3 Å².